The minimum absolute atomic E-state index is 0.0574. The zero-order valence-electron chi connectivity index (χ0n) is 14.8. The number of nitrogens with two attached hydrogens (primary N) is 1. The number of halogens is 3. The van der Waals surface area contributed by atoms with Crippen molar-refractivity contribution in [1.29, 1.82) is 0 Å². The summed E-state index contributed by atoms with van der Waals surface area (Å²) in [5.41, 5.74) is 0.888. The largest absolute Gasteiger partial charge is 0.486 e. The number of ether oxygens (including phenoxy) is 2. The van der Waals surface area contributed by atoms with Crippen LogP contribution in [0, 0.1) is 5.82 Å². The molecule has 6 nitrogen and oxygen atoms in total. The molecular weight excluding hydrogens is 393 g/mol. The van der Waals surface area contributed by atoms with Crippen LogP contribution in [0.25, 0.3) is 0 Å². The summed E-state index contributed by atoms with van der Waals surface area (Å²) in [5, 5.41) is 8.47. The zero-order chi connectivity index (χ0) is 20.1. The molecule has 0 bridgehead atoms. The third kappa shape index (κ3) is 5.10. The molecule has 0 spiro atoms. The predicted molar refractivity (Wildman–Crippen MR) is 98.3 cm³/mol. The maximum atomic E-state index is 12.9. The van der Waals surface area contributed by atoms with Gasteiger partial charge in [0.2, 0.25) is 5.16 Å². The first-order valence-corrected chi connectivity index (χ1v) is 9.09. The molecule has 0 saturated heterocycles. The molecular formula is C18H17F3N4O2S. The summed E-state index contributed by atoms with van der Waals surface area (Å²) in [6.07, 6.45) is 0. The van der Waals surface area contributed by atoms with Crippen LogP contribution in [-0.2, 0) is 6.61 Å². The number of benzene rings is 2. The van der Waals surface area contributed by atoms with Crippen molar-refractivity contribution in [1.82, 2.24) is 14.9 Å². The zero-order valence-corrected chi connectivity index (χ0v) is 15.6. The van der Waals surface area contributed by atoms with Crippen LogP contribution in [-0.4, -0.2) is 21.5 Å². The Kier molecular flexibility index (Phi) is 6.30. The van der Waals surface area contributed by atoms with Gasteiger partial charge in [0, 0.05) is 5.25 Å². The molecule has 28 heavy (non-hydrogen) atoms. The van der Waals surface area contributed by atoms with Gasteiger partial charge in [-0.15, -0.1) is 10.2 Å². The van der Waals surface area contributed by atoms with Gasteiger partial charge in [-0.25, -0.2) is 9.07 Å². The quantitative estimate of drug-likeness (QED) is 0.444. The maximum Gasteiger partial charge on any atom is 0.387 e. The second-order valence-electron chi connectivity index (χ2n) is 5.72. The molecule has 0 amide bonds. The normalized spacial score (nSPS) is 12.2. The summed E-state index contributed by atoms with van der Waals surface area (Å²) in [6.45, 7) is -0.857. The van der Waals surface area contributed by atoms with Crippen LogP contribution in [0.5, 0.6) is 11.5 Å². The Labute approximate surface area is 163 Å². The first kappa shape index (κ1) is 19.9. The number of hydrogen-bond acceptors (Lipinski definition) is 6. The molecule has 148 valence electrons. The van der Waals surface area contributed by atoms with E-state index in [1.807, 2.05) is 6.92 Å². The van der Waals surface area contributed by atoms with E-state index in [4.69, 9.17) is 10.6 Å². The van der Waals surface area contributed by atoms with Crippen molar-refractivity contribution >= 4 is 11.8 Å². The predicted octanol–water partition coefficient (Wildman–Crippen LogP) is 4.16. The molecule has 1 atom stereocenters. The fourth-order valence-corrected chi connectivity index (χ4v) is 3.23. The Balaban J connectivity index is 1.60. The van der Waals surface area contributed by atoms with Crippen LogP contribution >= 0.6 is 11.8 Å². The van der Waals surface area contributed by atoms with Crippen molar-refractivity contribution in [3.63, 3.8) is 0 Å². The van der Waals surface area contributed by atoms with E-state index in [0.29, 0.717) is 16.7 Å². The van der Waals surface area contributed by atoms with Gasteiger partial charge >= 0.3 is 6.61 Å². The van der Waals surface area contributed by atoms with Crippen LogP contribution in [0.15, 0.2) is 53.7 Å². The molecule has 0 radical (unpaired) electrons. The van der Waals surface area contributed by atoms with Gasteiger partial charge in [-0.2, -0.15) is 8.78 Å². The fourth-order valence-electron chi connectivity index (χ4n) is 2.31. The van der Waals surface area contributed by atoms with Gasteiger partial charge in [0.05, 0.1) is 0 Å². The number of thioether (sulfide) groups is 1. The first-order valence-electron chi connectivity index (χ1n) is 8.21. The number of alkyl halides is 2. The van der Waals surface area contributed by atoms with E-state index in [2.05, 4.69) is 14.9 Å². The lowest BCUT2D eigenvalue weighted by atomic mass is 10.2. The lowest BCUT2D eigenvalue weighted by Crippen LogP contribution is -2.16. The topological polar surface area (TPSA) is 75.2 Å². The second-order valence-corrected chi connectivity index (χ2v) is 7.03. The fraction of sp³-hybridized carbons (Fsp3) is 0.222. The number of nitrogens with zero attached hydrogens (tertiary/aromatic N) is 3. The van der Waals surface area contributed by atoms with Crippen LogP contribution in [0.2, 0.25) is 0 Å². The number of nitrogen functional groups attached to an aromatic ring is 1. The highest BCUT2D eigenvalue weighted by molar-refractivity contribution is 7.99. The van der Waals surface area contributed by atoms with Crippen LogP contribution in [0.1, 0.15) is 23.6 Å². The van der Waals surface area contributed by atoms with E-state index in [0.717, 1.165) is 5.56 Å². The van der Waals surface area contributed by atoms with E-state index in [1.54, 1.807) is 12.1 Å². The Hall–Kier alpha value is -2.88. The van der Waals surface area contributed by atoms with Gasteiger partial charge in [-0.1, -0.05) is 23.9 Å². The molecule has 0 aliphatic heterocycles. The van der Waals surface area contributed by atoms with Crippen molar-refractivity contribution in [3.8, 4) is 11.5 Å². The second kappa shape index (κ2) is 8.87. The van der Waals surface area contributed by atoms with Gasteiger partial charge < -0.3 is 15.3 Å². The monoisotopic (exact) mass is 410 g/mol. The van der Waals surface area contributed by atoms with Crippen LogP contribution in [0.4, 0.5) is 13.2 Å². The van der Waals surface area contributed by atoms with Crippen LogP contribution in [0.3, 0.4) is 0 Å². The lowest BCUT2D eigenvalue weighted by Gasteiger charge is -2.12. The van der Waals surface area contributed by atoms with Crippen molar-refractivity contribution < 1.29 is 22.6 Å². The van der Waals surface area contributed by atoms with Crippen molar-refractivity contribution in [3.05, 3.63) is 65.7 Å². The lowest BCUT2D eigenvalue weighted by molar-refractivity contribution is -0.0498. The number of aromatic nitrogens is 3. The average Bonchev–Trinajstić information content (AvgIpc) is 3.01. The molecule has 0 saturated carbocycles. The average molecular weight is 410 g/mol. The minimum Gasteiger partial charge on any atom is -0.486 e. The molecule has 0 aliphatic rings. The SMILES string of the molecule is CC(Sc1nnc(COc2ccc(F)cc2)n1N)c1ccc(OC(F)F)cc1. The summed E-state index contributed by atoms with van der Waals surface area (Å²) in [5.74, 6) is 6.66. The van der Waals surface area contributed by atoms with Gasteiger partial charge in [0.25, 0.3) is 0 Å². The van der Waals surface area contributed by atoms with E-state index in [9.17, 15) is 13.2 Å². The summed E-state index contributed by atoms with van der Waals surface area (Å²) in [7, 11) is 0. The van der Waals surface area contributed by atoms with Crippen LogP contribution < -0.4 is 15.3 Å². The van der Waals surface area contributed by atoms with Gasteiger partial charge in [0.15, 0.2) is 5.82 Å². The van der Waals surface area contributed by atoms with E-state index >= 15 is 0 Å². The molecule has 1 unspecified atom stereocenters. The summed E-state index contributed by atoms with van der Waals surface area (Å²) < 4.78 is 48.5. The number of rotatable bonds is 8. The highest BCUT2D eigenvalue weighted by Gasteiger charge is 2.16. The van der Waals surface area contributed by atoms with Crippen molar-refractivity contribution in [2.45, 2.75) is 30.5 Å². The molecule has 3 rings (SSSR count). The Morgan fingerprint density at radius 3 is 2.32 bits per heavy atom. The molecule has 1 aromatic heterocycles. The van der Waals surface area contributed by atoms with Gasteiger partial charge in [0.1, 0.15) is 23.9 Å². The van der Waals surface area contributed by atoms with Crippen molar-refractivity contribution in [2.24, 2.45) is 0 Å². The maximum absolute atomic E-state index is 12.9. The summed E-state index contributed by atoms with van der Waals surface area (Å²) in [4.78, 5) is 0. The molecule has 10 heteroatoms. The van der Waals surface area contributed by atoms with Gasteiger partial charge in [-0.3, -0.25) is 0 Å². The molecule has 0 aliphatic carbocycles. The molecule has 1 heterocycles. The first-order chi connectivity index (χ1) is 13.4. The van der Waals surface area contributed by atoms with Crippen molar-refractivity contribution in [2.75, 3.05) is 5.84 Å². The highest BCUT2D eigenvalue weighted by atomic mass is 32.2. The molecule has 2 N–H and O–H groups in total. The molecule has 2 aromatic carbocycles. The summed E-state index contributed by atoms with van der Waals surface area (Å²) >= 11 is 1.36. The van der Waals surface area contributed by atoms with Gasteiger partial charge in [-0.05, 0) is 48.9 Å². The smallest absolute Gasteiger partial charge is 0.387 e. The summed E-state index contributed by atoms with van der Waals surface area (Å²) in [6, 6.07) is 12.0. The minimum atomic E-state index is -2.86. The third-order valence-electron chi connectivity index (χ3n) is 3.77. The van der Waals surface area contributed by atoms with E-state index in [-0.39, 0.29) is 23.4 Å². The molecule has 3 aromatic rings. The highest BCUT2D eigenvalue weighted by Crippen LogP contribution is 2.34. The Morgan fingerprint density at radius 2 is 1.68 bits per heavy atom. The van der Waals surface area contributed by atoms with E-state index < -0.39 is 6.61 Å². The Morgan fingerprint density at radius 1 is 1.04 bits per heavy atom. The number of hydrogen-bond donors (Lipinski definition) is 1. The Bertz CT molecular complexity index is 904. The molecule has 0 fully saturated rings. The van der Waals surface area contributed by atoms with E-state index in [1.165, 1.54) is 52.8 Å². The standard InChI is InChI=1S/C18H17F3N4O2S/c1-11(12-2-6-15(7-3-12)27-17(20)21)28-18-24-23-16(25(18)22)10-26-14-8-4-13(19)5-9-14/h2-9,11,17H,10,22H2,1H3. The third-order valence-corrected chi connectivity index (χ3v) is 4.89.